The maximum Gasteiger partial charge on any atom is 0.274 e. The minimum atomic E-state index is -0.0785. The Kier molecular flexibility index (Phi) is 4.52. The summed E-state index contributed by atoms with van der Waals surface area (Å²) in [6, 6.07) is 5.77. The first-order valence-electron chi connectivity index (χ1n) is 8.39. The Hall–Kier alpha value is -2.58. The number of nitrogens with zero attached hydrogens (tertiary/aromatic N) is 4. The first-order valence-corrected chi connectivity index (χ1v) is 9.27. The van der Waals surface area contributed by atoms with E-state index in [4.69, 9.17) is 4.74 Å². The molecule has 0 radical (unpaired) electrons. The number of hydrogen-bond acceptors (Lipinski definition) is 7. The molecule has 3 aromatic rings. The van der Waals surface area contributed by atoms with E-state index in [0.29, 0.717) is 24.7 Å². The topological polar surface area (TPSA) is 80.2 Å². The van der Waals surface area contributed by atoms with E-state index in [1.54, 1.807) is 24.4 Å². The Morgan fingerprint density at radius 3 is 2.96 bits per heavy atom. The van der Waals surface area contributed by atoms with Crippen LogP contribution in [0.4, 0.5) is 5.95 Å². The summed E-state index contributed by atoms with van der Waals surface area (Å²) in [6.07, 6.45) is 3.65. The van der Waals surface area contributed by atoms with Gasteiger partial charge < -0.3 is 15.0 Å². The van der Waals surface area contributed by atoms with Crippen molar-refractivity contribution < 1.29 is 9.53 Å². The minimum absolute atomic E-state index is 0.0235. The zero-order valence-electron chi connectivity index (χ0n) is 14.5. The van der Waals surface area contributed by atoms with Crippen molar-refractivity contribution in [2.45, 2.75) is 19.1 Å². The molecular weight excluding hydrogens is 350 g/mol. The summed E-state index contributed by atoms with van der Waals surface area (Å²) in [6.45, 7) is 3.21. The molecule has 0 spiro atoms. The number of hydrogen-bond donors (Lipinski definition) is 1. The van der Waals surface area contributed by atoms with Gasteiger partial charge in [0.05, 0.1) is 22.4 Å². The highest BCUT2D eigenvalue weighted by Crippen LogP contribution is 2.27. The average molecular weight is 369 g/mol. The Labute approximate surface area is 155 Å². The molecular formula is C18H19N5O2S. The number of aromatic nitrogens is 3. The molecule has 1 fully saturated rings. The lowest BCUT2D eigenvalue weighted by Crippen LogP contribution is -2.54. The van der Waals surface area contributed by atoms with Crippen LogP contribution >= 0.6 is 11.3 Å². The molecule has 26 heavy (non-hydrogen) atoms. The van der Waals surface area contributed by atoms with Gasteiger partial charge in [0.25, 0.3) is 5.91 Å². The number of nitrogens with one attached hydrogen (secondary N) is 1. The number of likely N-dealkylation sites (tertiary alicyclic amines) is 1. The van der Waals surface area contributed by atoms with Crippen molar-refractivity contribution in [2.75, 3.05) is 25.5 Å². The third-order valence-electron chi connectivity index (χ3n) is 4.50. The summed E-state index contributed by atoms with van der Waals surface area (Å²) >= 11 is 1.48. The molecule has 1 saturated heterocycles. The van der Waals surface area contributed by atoms with Gasteiger partial charge in [0.2, 0.25) is 5.95 Å². The molecule has 1 amide bonds. The van der Waals surface area contributed by atoms with Crippen LogP contribution in [0, 0.1) is 0 Å². The van der Waals surface area contributed by atoms with Crippen molar-refractivity contribution in [1.82, 2.24) is 19.9 Å². The molecule has 4 rings (SSSR count). The van der Waals surface area contributed by atoms with Crippen molar-refractivity contribution in [3.05, 3.63) is 47.2 Å². The van der Waals surface area contributed by atoms with Gasteiger partial charge in [0.15, 0.2) is 5.69 Å². The Balaban J connectivity index is 1.61. The highest BCUT2D eigenvalue weighted by molar-refractivity contribution is 7.17. The van der Waals surface area contributed by atoms with Gasteiger partial charge in [-0.1, -0.05) is 6.07 Å². The van der Waals surface area contributed by atoms with E-state index in [9.17, 15) is 4.79 Å². The lowest BCUT2D eigenvalue weighted by atomic mass is 10.1. The molecule has 1 atom stereocenters. The summed E-state index contributed by atoms with van der Waals surface area (Å²) in [4.78, 5) is 27.8. The van der Waals surface area contributed by atoms with Gasteiger partial charge in [-0.05, 0) is 30.0 Å². The first kappa shape index (κ1) is 16.9. The lowest BCUT2D eigenvalue weighted by molar-refractivity contribution is -0.0193. The number of ether oxygens (including phenoxy) is 1. The first-order chi connectivity index (χ1) is 12.7. The van der Waals surface area contributed by atoms with Gasteiger partial charge in [-0.2, -0.15) is 0 Å². The van der Waals surface area contributed by atoms with E-state index < -0.39 is 0 Å². The maximum atomic E-state index is 12.9. The SMILES string of the molecule is COC1CN(C(=O)c2nc(N[C@@H](C)c3cccnc3)nc3ccsc23)C1. The number of pyridine rings is 1. The van der Waals surface area contributed by atoms with E-state index in [1.807, 2.05) is 30.5 Å². The number of amides is 1. The second kappa shape index (κ2) is 6.97. The lowest BCUT2D eigenvalue weighted by Gasteiger charge is -2.37. The third kappa shape index (κ3) is 3.13. The molecule has 1 aliphatic rings. The summed E-state index contributed by atoms with van der Waals surface area (Å²) in [7, 11) is 1.66. The molecule has 8 heteroatoms. The van der Waals surface area contributed by atoms with Gasteiger partial charge in [-0.3, -0.25) is 9.78 Å². The number of anilines is 1. The molecule has 1 N–H and O–H groups in total. The van der Waals surface area contributed by atoms with Gasteiger partial charge in [0.1, 0.15) is 0 Å². The second-order valence-electron chi connectivity index (χ2n) is 6.25. The van der Waals surface area contributed by atoms with Crippen molar-refractivity contribution in [3.63, 3.8) is 0 Å². The van der Waals surface area contributed by atoms with Gasteiger partial charge in [-0.25, -0.2) is 9.97 Å². The molecule has 0 bridgehead atoms. The van der Waals surface area contributed by atoms with E-state index in [1.165, 1.54) is 11.3 Å². The van der Waals surface area contributed by atoms with E-state index >= 15 is 0 Å². The van der Waals surface area contributed by atoms with Crippen LogP contribution in [0.25, 0.3) is 10.2 Å². The van der Waals surface area contributed by atoms with E-state index in [0.717, 1.165) is 15.8 Å². The molecule has 0 unspecified atom stereocenters. The number of thiophene rings is 1. The molecule has 0 aromatic carbocycles. The Morgan fingerprint density at radius 1 is 1.38 bits per heavy atom. The average Bonchev–Trinajstić information content (AvgIpc) is 3.09. The summed E-state index contributed by atoms with van der Waals surface area (Å²) < 4.78 is 6.07. The molecule has 7 nitrogen and oxygen atoms in total. The fourth-order valence-electron chi connectivity index (χ4n) is 2.88. The number of fused-ring (bicyclic) bond motifs is 1. The van der Waals surface area contributed by atoms with Crippen LogP contribution in [0.1, 0.15) is 29.0 Å². The van der Waals surface area contributed by atoms with Crippen molar-refractivity contribution >= 4 is 33.4 Å². The van der Waals surface area contributed by atoms with Crippen LogP contribution in [0.15, 0.2) is 36.0 Å². The molecule has 0 aliphatic carbocycles. The normalized spacial score (nSPS) is 15.7. The molecule has 134 valence electrons. The minimum Gasteiger partial charge on any atom is -0.378 e. The van der Waals surface area contributed by atoms with Crippen LogP contribution in [-0.4, -0.2) is 52.1 Å². The zero-order valence-corrected chi connectivity index (χ0v) is 15.4. The number of methoxy groups -OCH3 is 1. The van der Waals surface area contributed by atoms with E-state index in [2.05, 4.69) is 20.3 Å². The summed E-state index contributed by atoms with van der Waals surface area (Å²) in [5.74, 6) is 0.365. The molecule has 0 saturated carbocycles. The van der Waals surface area contributed by atoms with Gasteiger partial charge in [0, 0.05) is 32.6 Å². The van der Waals surface area contributed by atoms with Crippen LogP contribution in [-0.2, 0) is 4.74 Å². The standard InChI is InChI=1S/C18H19N5O2S/c1-11(12-4-3-6-19-8-12)20-18-21-14-5-7-26-16(14)15(22-18)17(24)23-9-13(10-23)25-2/h3-8,11,13H,9-10H2,1-2H3,(H,20,21,22)/t11-/m0/s1. The quantitative estimate of drug-likeness (QED) is 0.745. The molecule has 4 heterocycles. The van der Waals surface area contributed by atoms with Crippen LogP contribution in [0.2, 0.25) is 0 Å². The maximum absolute atomic E-state index is 12.9. The molecule has 1 aliphatic heterocycles. The number of carbonyl (C=O) groups excluding carboxylic acids is 1. The zero-order chi connectivity index (χ0) is 18.1. The van der Waals surface area contributed by atoms with Gasteiger partial charge in [-0.15, -0.1) is 11.3 Å². The van der Waals surface area contributed by atoms with Crippen molar-refractivity contribution in [2.24, 2.45) is 0 Å². The van der Waals surface area contributed by atoms with Gasteiger partial charge >= 0.3 is 0 Å². The summed E-state index contributed by atoms with van der Waals surface area (Å²) in [5.41, 5.74) is 2.25. The fourth-order valence-corrected chi connectivity index (χ4v) is 3.70. The van der Waals surface area contributed by atoms with Crippen molar-refractivity contribution in [1.29, 1.82) is 0 Å². The van der Waals surface area contributed by atoms with Crippen LogP contribution in [0.3, 0.4) is 0 Å². The van der Waals surface area contributed by atoms with Crippen molar-refractivity contribution in [3.8, 4) is 0 Å². The summed E-state index contributed by atoms with van der Waals surface area (Å²) in [5, 5.41) is 5.21. The number of carbonyl (C=O) groups is 1. The van der Waals surface area contributed by atoms with Crippen LogP contribution in [0.5, 0.6) is 0 Å². The monoisotopic (exact) mass is 369 g/mol. The third-order valence-corrected chi connectivity index (χ3v) is 5.42. The second-order valence-corrected chi connectivity index (χ2v) is 7.17. The highest BCUT2D eigenvalue weighted by Gasteiger charge is 2.33. The largest absolute Gasteiger partial charge is 0.378 e. The van der Waals surface area contributed by atoms with Crippen LogP contribution < -0.4 is 5.32 Å². The highest BCUT2D eigenvalue weighted by atomic mass is 32.1. The molecule has 3 aromatic heterocycles. The smallest absolute Gasteiger partial charge is 0.274 e. The Bertz CT molecular complexity index is 924. The fraction of sp³-hybridized carbons (Fsp3) is 0.333. The number of rotatable bonds is 5. The Morgan fingerprint density at radius 2 is 2.23 bits per heavy atom. The van der Waals surface area contributed by atoms with E-state index in [-0.39, 0.29) is 18.1 Å². The predicted octanol–water partition coefficient (Wildman–Crippen LogP) is 2.73. The predicted molar refractivity (Wildman–Crippen MR) is 100 cm³/mol.